The third kappa shape index (κ3) is 3.42. The number of benzene rings is 1. The van der Waals surface area contributed by atoms with Crippen LogP contribution in [0, 0.1) is 6.92 Å². The molecule has 3 heterocycles. The first kappa shape index (κ1) is 19.7. The number of halogens is 3. The van der Waals surface area contributed by atoms with Crippen molar-refractivity contribution in [3.8, 4) is 0 Å². The van der Waals surface area contributed by atoms with Gasteiger partial charge in [0.2, 0.25) is 0 Å². The largest absolute Gasteiger partial charge is 0.467 e. The molecule has 30 heavy (non-hydrogen) atoms. The maximum absolute atomic E-state index is 14.3. The fraction of sp³-hybridized carbons (Fsp3) is 0.190. The average molecular weight is 414 g/mol. The molecule has 4 rings (SSSR count). The number of pyridine rings is 1. The van der Waals surface area contributed by atoms with Crippen molar-refractivity contribution in [1.82, 2.24) is 9.88 Å². The number of anilines is 1. The molecule has 1 aliphatic rings. The molecule has 0 aliphatic carbocycles. The smallest absolute Gasteiger partial charge is 0.442 e. The van der Waals surface area contributed by atoms with Crippen molar-refractivity contribution in [2.24, 2.45) is 4.99 Å². The highest BCUT2D eigenvalue weighted by molar-refractivity contribution is 6.16. The van der Waals surface area contributed by atoms with Gasteiger partial charge in [-0.2, -0.15) is 13.2 Å². The van der Waals surface area contributed by atoms with Gasteiger partial charge in [0.05, 0.1) is 12.8 Å². The van der Waals surface area contributed by atoms with E-state index in [0.717, 1.165) is 4.90 Å². The average Bonchev–Trinajstić information content (AvgIpc) is 3.31. The van der Waals surface area contributed by atoms with Crippen molar-refractivity contribution >= 4 is 17.6 Å². The van der Waals surface area contributed by atoms with Crippen LogP contribution in [-0.2, 0) is 11.3 Å². The lowest BCUT2D eigenvalue weighted by Crippen LogP contribution is -2.57. The van der Waals surface area contributed by atoms with Crippen LogP contribution in [-0.4, -0.2) is 33.5 Å². The summed E-state index contributed by atoms with van der Waals surface area (Å²) >= 11 is 0. The summed E-state index contributed by atoms with van der Waals surface area (Å²) in [5, 5.41) is 2.25. The number of amidine groups is 1. The van der Waals surface area contributed by atoms with Crippen molar-refractivity contribution < 1.29 is 22.4 Å². The number of carbonyl (C=O) groups excluding carboxylic acids is 1. The summed E-state index contributed by atoms with van der Waals surface area (Å²) in [6.45, 7) is 1.45. The molecule has 0 saturated carbocycles. The fourth-order valence-corrected chi connectivity index (χ4v) is 3.21. The van der Waals surface area contributed by atoms with E-state index in [0.29, 0.717) is 17.0 Å². The molecule has 0 unspecified atom stereocenters. The molecular formula is C21H17F3N4O2. The number of carbonyl (C=O) groups is 1. The highest BCUT2D eigenvalue weighted by atomic mass is 19.4. The molecule has 3 aromatic rings. The van der Waals surface area contributed by atoms with Gasteiger partial charge in [0.1, 0.15) is 17.4 Å². The Hall–Kier alpha value is -3.62. The number of aromatic nitrogens is 1. The molecule has 9 heteroatoms. The SMILES string of the molecule is Cc1cccc(N[C@]2(C(F)(F)F)N=C(c3ccccc3)N(Cc3ccco3)C2=O)n1. The maximum Gasteiger partial charge on any atom is 0.442 e. The summed E-state index contributed by atoms with van der Waals surface area (Å²) in [6, 6.07) is 16.0. The molecule has 0 fully saturated rings. The molecule has 0 spiro atoms. The van der Waals surface area contributed by atoms with Crippen LogP contribution < -0.4 is 5.32 Å². The molecule has 6 nitrogen and oxygen atoms in total. The van der Waals surface area contributed by atoms with Crippen molar-refractivity contribution in [3.63, 3.8) is 0 Å². The third-order valence-corrected chi connectivity index (χ3v) is 4.62. The highest BCUT2D eigenvalue weighted by Crippen LogP contribution is 2.41. The van der Waals surface area contributed by atoms with E-state index in [1.165, 1.54) is 12.3 Å². The number of nitrogens with one attached hydrogen (secondary N) is 1. The van der Waals surface area contributed by atoms with Gasteiger partial charge in [-0.3, -0.25) is 9.69 Å². The summed E-state index contributed by atoms with van der Waals surface area (Å²) in [5.41, 5.74) is -2.32. The number of aryl methyl sites for hydroxylation is 1. The van der Waals surface area contributed by atoms with Crippen LogP contribution in [0.2, 0.25) is 0 Å². The Balaban J connectivity index is 1.84. The Labute approximate surface area is 170 Å². The first-order valence-corrected chi connectivity index (χ1v) is 9.08. The quantitative estimate of drug-likeness (QED) is 0.681. The standard InChI is InChI=1S/C21H17F3N4O2/c1-14-7-5-11-17(25-14)26-20(21(22,23)24)19(29)28(13-16-10-6-12-30-16)18(27-20)15-8-3-2-4-9-15/h2-12H,13H2,1H3,(H,25,26)/t20-/m0/s1. The number of furan rings is 1. The van der Waals surface area contributed by atoms with Crippen LogP contribution >= 0.6 is 0 Å². The number of alkyl halides is 3. The highest BCUT2D eigenvalue weighted by Gasteiger charge is 2.66. The lowest BCUT2D eigenvalue weighted by molar-refractivity contribution is -0.185. The molecule has 1 amide bonds. The monoisotopic (exact) mass is 414 g/mol. The van der Waals surface area contributed by atoms with Crippen LogP contribution in [0.3, 0.4) is 0 Å². The summed E-state index contributed by atoms with van der Waals surface area (Å²) in [4.78, 5) is 22.2. The van der Waals surface area contributed by atoms with Crippen LogP contribution in [0.15, 0.2) is 76.3 Å². The topological polar surface area (TPSA) is 70.7 Å². The number of aliphatic imine (C=N–C) groups is 1. The van der Waals surface area contributed by atoms with Gasteiger partial charge in [-0.1, -0.05) is 36.4 Å². The van der Waals surface area contributed by atoms with Gasteiger partial charge in [-0.25, -0.2) is 9.98 Å². The number of hydrogen-bond acceptors (Lipinski definition) is 5. The second-order valence-corrected chi connectivity index (χ2v) is 6.77. The molecule has 0 saturated heterocycles. The Bertz CT molecular complexity index is 1080. The van der Waals surface area contributed by atoms with Gasteiger partial charge in [0, 0.05) is 11.3 Å². The number of nitrogens with zero attached hydrogens (tertiary/aromatic N) is 3. The van der Waals surface area contributed by atoms with E-state index >= 15 is 0 Å². The van der Waals surface area contributed by atoms with Gasteiger partial charge in [0.15, 0.2) is 0 Å². The fourth-order valence-electron chi connectivity index (χ4n) is 3.21. The molecule has 0 radical (unpaired) electrons. The van der Waals surface area contributed by atoms with Crippen molar-refractivity contribution in [3.05, 3.63) is 83.9 Å². The molecule has 1 atom stereocenters. The van der Waals surface area contributed by atoms with Crippen molar-refractivity contribution in [2.75, 3.05) is 5.32 Å². The lowest BCUT2D eigenvalue weighted by atomic mass is 10.1. The first-order chi connectivity index (χ1) is 14.3. The number of amides is 1. The lowest BCUT2D eigenvalue weighted by Gasteiger charge is -2.29. The zero-order chi connectivity index (χ0) is 21.4. The maximum atomic E-state index is 14.3. The second-order valence-electron chi connectivity index (χ2n) is 6.77. The molecule has 1 aromatic carbocycles. The van der Waals surface area contributed by atoms with Gasteiger partial charge in [-0.15, -0.1) is 0 Å². The second kappa shape index (κ2) is 7.33. The van der Waals surface area contributed by atoms with Gasteiger partial charge >= 0.3 is 11.8 Å². The molecule has 2 aromatic heterocycles. The summed E-state index contributed by atoms with van der Waals surface area (Å²) in [6.07, 6.45) is -3.63. The Morgan fingerprint density at radius 3 is 2.47 bits per heavy atom. The van der Waals surface area contributed by atoms with E-state index in [9.17, 15) is 18.0 Å². The summed E-state index contributed by atoms with van der Waals surface area (Å²) < 4.78 is 48.2. The van der Waals surface area contributed by atoms with Gasteiger partial charge < -0.3 is 9.73 Å². The van der Waals surface area contributed by atoms with Crippen LogP contribution in [0.4, 0.5) is 19.0 Å². The predicted molar refractivity (Wildman–Crippen MR) is 104 cm³/mol. The minimum Gasteiger partial charge on any atom is -0.467 e. The summed E-state index contributed by atoms with van der Waals surface area (Å²) in [7, 11) is 0. The van der Waals surface area contributed by atoms with E-state index in [-0.39, 0.29) is 18.2 Å². The predicted octanol–water partition coefficient (Wildman–Crippen LogP) is 4.14. The first-order valence-electron chi connectivity index (χ1n) is 9.08. The zero-order valence-electron chi connectivity index (χ0n) is 15.8. The van der Waals surface area contributed by atoms with E-state index in [1.807, 2.05) is 0 Å². The van der Waals surface area contributed by atoms with E-state index in [2.05, 4.69) is 15.3 Å². The molecular weight excluding hydrogens is 397 g/mol. The minimum atomic E-state index is -5.02. The minimum absolute atomic E-state index is 0.100. The normalized spacial score (nSPS) is 19.1. The Kier molecular flexibility index (Phi) is 4.81. The van der Waals surface area contributed by atoms with Crippen molar-refractivity contribution in [2.45, 2.75) is 25.3 Å². The molecule has 1 aliphatic heterocycles. The van der Waals surface area contributed by atoms with Gasteiger partial charge in [0.25, 0.3) is 5.91 Å². The summed E-state index contributed by atoms with van der Waals surface area (Å²) in [5.74, 6) is -1.13. The Morgan fingerprint density at radius 1 is 1.07 bits per heavy atom. The van der Waals surface area contributed by atoms with E-state index in [1.54, 1.807) is 61.5 Å². The number of hydrogen-bond donors (Lipinski definition) is 1. The number of rotatable bonds is 5. The van der Waals surface area contributed by atoms with E-state index in [4.69, 9.17) is 4.42 Å². The van der Waals surface area contributed by atoms with Crippen molar-refractivity contribution in [1.29, 1.82) is 0 Å². The molecule has 154 valence electrons. The molecule has 0 bridgehead atoms. The van der Waals surface area contributed by atoms with Crippen LogP contribution in [0.1, 0.15) is 17.0 Å². The zero-order valence-corrected chi connectivity index (χ0v) is 15.8. The molecule has 1 N–H and O–H groups in total. The van der Waals surface area contributed by atoms with E-state index < -0.39 is 17.7 Å². The van der Waals surface area contributed by atoms with Crippen LogP contribution in [0.25, 0.3) is 0 Å². The van der Waals surface area contributed by atoms with Gasteiger partial charge in [-0.05, 0) is 31.2 Å². The van der Waals surface area contributed by atoms with Crippen LogP contribution in [0.5, 0.6) is 0 Å². The Morgan fingerprint density at radius 2 is 1.83 bits per heavy atom. The third-order valence-electron chi connectivity index (χ3n) is 4.62.